The van der Waals surface area contributed by atoms with Crippen LogP contribution in [0.25, 0.3) is 10.9 Å². The normalized spacial score (nSPS) is 10.8. The van der Waals surface area contributed by atoms with Crippen molar-refractivity contribution in [1.82, 2.24) is 10.3 Å². The number of fused-ring (bicyclic) bond motifs is 1. The highest BCUT2D eigenvalue weighted by molar-refractivity contribution is 6.33. The summed E-state index contributed by atoms with van der Waals surface area (Å²) in [5.74, 6) is 1.46. The van der Waals surface area contributed by atoms with Crippen molar-refractivity contribution >= 4 is 33.9 Å². The molecule has 1 heterocycles. The molecule has 4 aromatic rings. The third-order valence-corrected chi connectivity index (χ3v) is 5.20. The topological polar surface area (TPSA) is 89.3 Å². The third-order valence-electron chi connectivity index (χ3n) is 4.94. The van der Waals surface area contributed by atoms with Gasteiger partial charge >= 0.3 is 5.69 Å². The summed E-state index contributed by atoms with van der Waals surface area (Å²) in [5, 5.41) is 18.4. The molecule has 0 spiro atoms. The number of aromatic nitrogens is 1. The molecular weight excluding hydrogens is 428 g/mol. The van der Waals surface area contributed by atoms with Gasteiger partial charge in [-0.15, -0.1) is 0 Å². The molecule has 2 N–H and O–H groups in total. The second-order valence-electron chi connectivity index (χ2n) is 7.17. The number of hydrogen-bond acceptors (Lipinski definition) is 6. The summed E-state index contributed by atoms with van der Waals surface area (Å²) < 4.78 is 5.90. The van der Waals surface area contributed by atoms with Crippen molar-refractivity contribution in [2.45, 2.75) is 13.1 Å². The standard InChI is InChI=1S/C24H21ClN4O3/c1-26-14-16-6-10-18(11-7-16)32-19-12-8-17(9-13-19)15-27-22-20-4-2-3-5-21(20)28-24(25)23(22)29(30)31/h2-13,26H,14-15H2,1H3,(H,27,28). The Hall–Kier alpha value is -3.68. The van der Waals surface area contributed by atoms with Gasteiger partial charge in [0.05, 0.1) is 10.4 Å². The molecule has 7 nitrogen and oxygen atoms in total. The predicted octanol–water partition coefficient (Wildman–Crippen LogP) is 5.92. The first-order valence-electron chi connectivity index (χ1n) is 10.0. The fraction of sp³-hybridized carbons (Fsp3) is 0.125. The highest BCUT2D eigenvalue weighted by Crippen LogP contribution is 2.37. The van der Waals surface area contributed by atoms with Crippen LogP contribution in [0.4, 0.5) is 11.4 Å². The Balaban J connectivity index is 1.49. The predicted molar refractivity (Wildman–Crippen MR) is 126 cm³/mol. The van der Waals surface area contributed by atoms with Gasteiger partial charge in [0.2, 0.25) is 5.15 Å². The van der Waals surface area contributed by atoms with Crippen molar-refractivity contribution in [1.29, 1.82) is 0 Å². The summed E-state index contributed by atoms with van der Waals surface area (Å²) in [5.41, 5.74) is 2.84. The second-order valence-corrected chi connectivity index (χ2v) is 7.53. The molecule has 0 radical (unpaired) electrons. The molecule has 0 aliphatic carbocycles. The first-order chi connectivity index (χ1) is 15.5. The van der Waals surface area contributed by atoms with Crippen LogP contribution in [-0.2, 0) is 13.1 Å². The van der Waals surface area contributed by atoms with E-state index < -0.39 is 4.92 Å². The minimum atomic E-state index is -0.511. The number of ether oxygens (including phenoxy) is 1. The van der Waals surface area contributed by atoms with Crippen LogP contribution in [0.1, 0.15) is 11.1 Å². The number of nitro groups is 1. The summed E-state index contributed by atoms with van der Waals surface area (Å²) in [7, 11) is 1.91. The van der Waals surface area contributed by atoms with Gasteiger partial charge in [0.15, 0.2) is 0 Å². The molecule has 32 heavy (non-hydrogen) atoms. The van der Waals surface area contributed by atoms with Crippen molar-refractivity contribution < 1.29 is 9.66 Å². The van der Waals surface area contributed by atoms with E-state index in [9.17, 15) is 10.1 Å². The average Bonchev–Trinajstić information content (AvgIpc) is 2.79. The summed E-state index contributed by atoms with van der Waals surface area (Å²) in [6, 6.07) is 22.6. The van der Waals surface area contributed by atoms with Gasteiger partial charge in [-0.3, -0.25) is 10.1 Å². The number of pyridine rings is 1. The number of halogens is 1. The molecule has 0 fully saturated rings. The van der Waals surface area contributed by atoms with E-state index in [1.54, 1.807) is 12.1 Å². The fourth-order valence-electron chi connectivity index (χ4n) is 3.40. The number of nitrogens with zero attached hydrogens (tertiary/aromatic N) is 2. The maximum Gasteiger partial charge on any atom is 0.329 e. The minimum Gasteiger partial charge on any atom is -0.457 e. The minimum absolute atomic E-state index is 0.138. The highest BCUT2D eigenvalue weighted by atomic mass is 35.5. The van der Waals surface area contributed by atoms with Gasteiger partial charge in [0, 0.05) is 18.5 Å². The number of nitrogens with one attached hydrogen (secondary N) is 2. The van der Waals surface area contributed by atoms with E-state index in [4.69, 9.17) is 16.3 Å². The van der Waals surface area contributed by atoms with E-state index in [1.807, 2.05) is 67.7 Å². The van der Waals surface area contributed by atoms with Crippen molar-refractivity contribution in [3.63, 3.8) is 0 Å². The molecule has 8 heteroatoms. The molecule has 0 bridgehead atoms. The molecule has 162 valence electrons. The quantitative estimate of drug-likeness (QED) is 0.197. The SMILES string of the molecule is CNCc1ccc(Oc2ccc(CNc3c([N+](=O)[O-])c(Cl)nc4ccccc34)cc2)cc1. The van der Waals surface area contributed by atoms with Crippen LogP contribution in [-0.4, -0.2) is 17.0 Å². The second kappa shape index (κ2) is 9.64. The average molecular weight is 449 g/mol. The van der Waals surface area contributed by atoms with Crippen LogP contribution in [0.2, 0.25) is 5.15 Å². The van der Waals surface area contributed by atoms with E-state index in [0.29, 0.717) is 28.9 Å². The number of anilines is 1. The lowest BCUT2D eigenvalue weighted by molar-refractivity contribution is -0.384. The molecule has 0 amide bonds. The monoisotopic (exact) mass is 448 g/mol. The van der Waals surface area contributed by atoms with Crippen LogP contribution in [0.3, 0.4) is 0 Å². The molecule has 0 saturated carbocycles. The molecule has 0 unspecified atom stereocenters. The maximum absolute atomic E-state index is 11.6. The Labute approximate surface area is 190 Å². The van der Waals surface area contributed by atoms with E-state index in [2.05, 4.69) is 15.6 Å². The number of benzene rings is 3. The number of hydrogen-bond donors (Lipinski definition) is 2. The Morgan fingerprint density at radius 3 is 2.12 bits per heavy atom. The number of rotatable bonds is 8. The van der Waals surface area contributed by atoms with Crippen LogP contribution in [0.15, 0.2) is 72.8 Å². The van der Waals surface area contributed by atoms with Crippen molar-refractivity contribution in [2.24, 2.45) is 0 Å². The number of para-hydroxylation sites is 1. The van der Waals surface area contributed by atoms with E-state index in [1.165, 1.54) is 5.56 Å². The lowest BCUT2D eigenvalue weighted by Gasteiger charge is -2.12. The molecular formula is C24H21ClN4O3. The largest absolute Gasteiger partial charge is 0.457 e. The molecule has 0 saturated heterocycles. The fourth-order valence-corrected chi connectivity index (χ4v) is 3.65. The Morgan fingerprint density at radius 2 is 1.53 bits per heavy atom. The summed E-state index contributed by atoms with van der Waals surface area (Å²) in [4.78, 5) is 15.2. The van der Waals surface area contributed by atoms with Crippen molar-refractivity contribution in [3.05, 3.63) is 99.2 Å². The summed E-state index contributed by atoms with van der Waals surface area (Å²) in [6.07, 6.45) is 0. The molecule has 3 aromatic carbocycles. The van der Waals surface area contributed by atoms with Crippen LogP contribution in [0, 0.1) is 10.1 Å². The lowest BCUT2D eigenvalue weighted by atomic mass is 10.1. The van der Waals surface area contributed by atoms with Crippen LogP contribution < -0.4 is 15.4 Å². The van der Waals surface area contributed by atoms with Crippen molar-refractivity contribution in [3.8, 4) is 11.5 Å². The van der Waals surface area contributed by atoms with Gasteiger partial charge in [-0.25, -0.2) is 4.98 Å². The highest BCUT2D eigenvalue weighted by Gasteiger charge is 2.23. The van der Waals surface area contributed by atoms with Crippen LogP contribution in [0.5, 0.6) is 11.5 Å². The lowest BCUT2D eigenvalue weighted by Crippen LogP contribution is -2.05. The smallest absolute Gasteiger partial charge is 0.329 e. The summed E-state index contributed by atoms with van der Waals surface area (Å²) in [6.45, 7) is 1.18. The first-order valence-corrected chi connectivity index (χ1v) is 10.4. The molecule has 0 aliphatic heterocycles. The maximum atomic E-state index is 11.6. The zero-order valence-electron chi connectivity index (χ0n) is 17.3. The molecule has 0 aliphatic rings. The Kier molecular flexibility index (Phi) is 6.49. The zero-order valence-corrected chi connectivity index (χ0v) is 18.1. The molecule has 4 rings (SSSR count). The van der Waals surface area contributed by atoms with E-state index in [-0.39, 0.29) is 10.8 Å². The van der Waals surface area contributed by atoms with Crippen LogP contribution >= 0.6 is 11.6 Å². The molecule has 1 aromatic heterocycles. The van der Waals surface area contributed by atoms with E-state index in [0.717, 1.165) is 17.9 Å². The third kappa shape index (κ3) is 4.80. The van der Waals surface area contributed by atoms with E-state index >= 15 is 0 Å². The van der Waals surface area contributed by atoms with Gasteiger partial charge in [-0.05, 0) is 48.5 Å². The van der Waals surface area contributed by atoms with Gasteiger partial charge in [0.25, 0.3) is 0 Å². The zero-order chi connectivity index (χ0) is 22.5. The Bertz CT molecular complexity index is 1240. The van der Waals surface area contributed by atoms with Gasteiger partial charge < -0.3 is 15.4 Å². The first kappa shape index (κ1) is 21.5. The van der Waals surface area contributed by atoms with Gasteiger partial charge in [-0.1, -0.05) is 54.1 Å². The van der Waals surface area contributed by atoms with Crippen molar-refractivity contribution in [2.75, 3.05) is 12.4 Å². The van der Waals surface area contributed by atoms with Gasteiger partial charge in [0.1, 0.15) is 17.2 Å². The van der Waals surface area contributed by atoms with Gasteiger partial charge in [-0.2, -0.15) is 0 Å². The molecule has 0 atom stereocenters. The summed E-state index contributed by atoms with van der Waals surface area (Å²) >= 11 is 6.10. The Morgan fingerprint density at radius 1 is 0.938 bits per heavy atom.